The first-order chi connectivity index (χ1) is 12.5. The molecule has 0 bridgehead atoms. The van der Waals surface area contributed by atoms with Crippen LogP contribution in [-0.4, -0.2) is 37.9 Å². The summed E-state index contributed by atoms with van der Waals surface area (Å²) in [4.78, 5) is 11.6. The van der Waals surface area contributed by atoms with E-state index in [2.05, 4.69) is 19.2 Å². The van der Waals surface area contributed by atoms with Gasteiger partial charge in [-0.25, -0.2) is 4.79 Å². The summed E-state index contributed by atoms with van der Waals surface area (Å²) in [6.45, 7) is 11.5. The monoisotopic (exact) mass is 374 g/mol. The fourth-order valence-electron chi connectivity index (χ4n) is 3.51. The Kier molecular flexibility index (Phi) is 14.7. The molecule has 6 heteroatoms. The molecular weight excluding hydrogens is 332 g/mol. The zero-order valence-corrected chi connectivity index (χ0v) is 17.6. The van der Waals surface area contributed by atoms with Crippen molar-refractivity contribution < 1.29 is 19.0 Å². The van der Waals surface area contributed by atoms with Crippen LogP contribution in [-0.2, 0) is 14.2 Å². The topological polar surface area (TPSA) is 82.8 Å². The van der Waals surface area contributed by atoms with Crippen molar-refractivity contribution in [3.8, 4) is 0 Å². The fraction of sp³-hybridized carbons (Fsp3) is 0.950. The van der Waals surface area contributed by atoms with Crippen LogP contribution in [0.15, 0.2) is 0 Å². The molecule has 0 aliphatic rings. The lowest BCUT2D eigenvalue weighted by atomic mass is 9.88. The quantitative estimate of drug-likeness (QED) is 0.289. The molecular formula is C20H42N2O4. The Bertz CT molecular complexity index is 336. The Morgan fingerprint density at radius 1 is 0.846 bits per heavy atom. The maximum atomic E-state index is 11.6. The van der Waals surface area contributed by atoms with Crippen molar-refractivity contribution in [2.24, 2.45) is 11.7 Å². The number of primary amides is 1. The molecule has 3 N–H and O–H groups in total. The predicted molar refractivity (Wildman–Crippen MR) is 106 cm³/mol. The Morgan fingerprint density at radius 3 is 1.81 bits per heavy atom. The maximum Gasteiger partial charge on any atom is 0.312 e. The molecule has 0 aromatic rings. The summed E-state index contributed by atoms with van der Waals surface area (Å²) < 4.78 is 18.0. The minimum absolute atomic E-state index is 0.119. The van der Waals surface area contributed by atoms with Crippen molar-refractivity contribution >= 4 is 6.03 Å². The molecule has 2 atom stereocenters. The number of nitrogens with one attached hydrogen (secondary N) is 1. The summed E-state index contributed by atoms with van der Waals surface area (Å²) in [6, 6.07) is -0.651. The van der Waals surface area contributed by atoms with Gasteiger partial charge in [-0.3, -0.25) is 0 Å². The van der Waals surface area contributed by atoms with Crippen molar-refractivity contribution in [2.75, 3.05) is 19.8 Å². The third kappa shape index (κ3) is 9.19. The van der Waals surface area contributed by atoms with Crippen molar-refractivity contribution in [1.29, 1.82) is 0 Å². The highest BCUT2D eigenvalue weighted by Gasteiger charge is 2.46. The fourth-order valence-corrected chi connectivity index (χ4v) is 3.51. The van der Waals surface area contributed by atoms with Gasteiger partial charge in [0.1, 0.15) is 0 Å². The van der Waals surface area contributed by atoms with Crippen LogP contribution in [0.1, 0.15) is 86.0 Å². The van der Waals surface area contributed by atoms with Gasteiger partial charge in [0, 0.05) is 25.9 Å². The first-order valence-electron chi connectivity index (χ1n) is 10.5. The number of urea groups is 1. The van der Waals surface area contributed by atoms with Crippen LogP contribution in [0.2, 0.25) is 0 Å². The lowest BCUT2D eigenvalue weighted by Crippen LogP contribution is -2.56. The zero-order chi connectivity index (χ0) is 19.8. The molecule has 2 unspecified atom stereocenters. The first-order valence-corrected chi connectivity index (χ1v) is 10.5. The average Bonchev–Trinajstić information content (AvgIpc) is 2.59. The Labute approximate surface area is 160 Å². The van der Waals surface area contributed by atoms with Gasteiger partial charge in [-0.15, -0.1) is 0 Å². The smallest absolute Gasteiger partial charge is 0.312 e. The maximum absolute atomic E-state index is 11.6. The summed E-state index contributed by atoms with van der Waals surface area (Å²) in [5.74, 6) is -1.27. The Balaban J connectivity index is 5.41. The van der Waals surface area contributed by atoms with Gasteiger partial charge in [-0.05, 0) is 33.6 Å². The molecule has 0 rings (SSSR count). The summed E-state index contributed by atoms with van der Waals surface area (Å²) in [5.41, 5.74) is 5.47. The number of ether oxygens (including phenoxy) is 3. The molecule has 156 valence electrons. The molecule has 0 heterocycles. The van der Waals surface area contributed by atoms with Crippen molar-refractivity contribution in [2.45, 2.75) is 98.0 Å². The summed E-state index contributed by atoms with van der Waals surface area (Å²) in [5, 5.41) is 2.94. The first kappa shape index (κ1) is 25.1. The van der Waals surface area contributed by atoms with E-state index in [0.717, 1.165) is 32.1 Å². The molecule has 0 aromatic heterocycles. The highest BCUT2D eigenvalue weighted by atomic mass is 16.9. The van der Waals surface area contributed by atoms with Crippen LogP contribution in [0.25, 0.3) is 0 Å². The van der Waals surface area contributed by atoms with E-state index >= 15 is 0 Å². The molecule has 0 radical (unpaired) electrons. The highest BCUT2D eigenvalue weighted by molar-refractivity contribution is 5.72. The van der Waals surface area contributed by atoms with E-state index in [-0.39, 0.29) is 12.0 Å². The molecule has 0 spiro atoms. The van der Waals surface area contributed by atoms with Gasteiger partial charge in [-0.2, -0.15) is 0 Å². The minimum atomic E-state index is -1.15. The molecule has 26 heavy (non-hydrogen) atoms. The number of hydrogen-bond donors (Lipinski definition) is 2. The second-order valence-electron chi connectivity index (χ2n) is 6.62. The molecule has 6 nitrogen and oxygen atoms in total. The second-order valence-corrected chi connectivity index (χ2v) is 6.62. The number of rotatable bonds is 17. The highest BCUT2D eigenvalue weighted by Crippen LogP contribution is 2.34. The van der Waals surface area contributed by atoms with E-state index in [4.69, 9.17) is 19.9 Å². The molecule has 0 fully saturated rings. The van der Waals surface area contributed by atoms with Gasteiger partial charge in [-0.1, -0.05) is 52.4 Å². The van der Waals surface area contributed by atoms with Gasteiger partial charge in [0.05, 0.1) is 5.92 Å². The van der Waals surface area contributed by atoms with Gasteiger partial charge < -0.3 is 25.3 Å². The number of carbonyl (C=O) groups is 1. The van der Waals surface area contributed by atoms with Crippen molar-refractivity contribution in [1.82, 2.24) is 5.32 Å². The third-order valence-electron chi connectivity index (χ3n) is 4.52. The Morgan fingerprint density at radius 2 is 1.38 bits per heavy atom. The average molecular weight is 375 g/mol. The van der Waals surface area contributed by atoms with Gasteiger partial charge in [0.15, 0.2) is 0 Å². The lowest BCUT2D eigenvalue weighted by Gasteiger charge is -2.42. The van der Waals surface area contributed by atoms with Gasteiger partial charge in [0.2, 0.25) is 0 Å². The Hall–Kier alpha value is -0.850. The largest absolute Gasteiger partial charge is 0.352 e. The van der Waals surface area contributed by atoms with Crippen LogP contribution in [0.4, 0.5) is 4.79 Å². The summed E-state index contributed by atoms with van der Waals surface area (Å²) in [7, 11) is 0. The van der Waals surface area contributed by atoms with Gasteiger partial charge in [0.25, 0.3) is 5.97 Å². The van der Waals surface area contributed by atoms with E-state index in [0.29, 0.717) is 19.8 Å². The third-order valence-corrected chi connectivity index (χ3v) is 4.52. The number of hydrogen-bond acceptors (Lipinski definition) is 4. The van der Waals surface area contributed by atoms with Crippen LogP contribution < -0.4 is 11.1 Å². The standard InChI is InChI=1S/C20H42N2O4/c1-6-11-12-13-14-16-18(22-19(21)23)17(15-7-2)20(24-8-3,25-9-4)26-10-5/h17-18H,6-16H2,1-5H3,(H3,21,22,23). The second kappa shape index (κ2) is 15.2. The number of carbonyl (C=O) groups excluding carboxylic acids is 1. The predicted octanol–water partition coefficient (Wildman–Crippen LogP) is 4.56. The SMILES string of the molecule is CCCCCCCC(NC(N)=O)C(CCC)C(OCC)(OCC)OCC. The van der Waals surface area contributed by atoms with Crippen molar-refractivity contribution in [3.63, 3.8) is 0 Å². The van der Waals surface area contributed by atoms with E-state index in [1.807, 2.05) is 20.8 Å². The molecule has 0 saturated carbocycles. The van der Waals surface area contributed by atoms with Crippen LogP contribution in [0.3, 0.4) is 0 Å². The van der Waals surface area contributed by atoms with Crippen molar-refractivity contribution in [3.05, 3.63) is 0 Å². The zero-order valence-electron chi connectivity index (χ0n) is 17.6. The molecule has 0 saturated heterocycles. The van der Waals surface area contributed by atoms with Crippen LogP contribution in [0.5, 0.6) is 0 Å². The molecule has 0 aliphatic heterocycles. The van der Waals surface area contributed by atoms with Crippen LogP contribution >= 0.6 is 0 Å². The number of unbranched alkanes of at least 4 members (excludes halogenated alkanes) is 4. The minimum Gasteiger partial charge on any atom is -0.352 e. The van der Waals surface area contributed by atoms with Gasteiger partial charge >= 0.3 is 6.03 Å². The van der Waals surface area contributed by atoms with E-state index in [9.17, 15) is 4.79 Å². The lowest BCUT2D eigenvalue weighted by molar-refractivity contribution is -0.405. The van der Waals surface area contributed by atoms with Crippen LogP contribution in [0, 0.1) is 5.92 Å². The molecule has 0 aromatic carbocycles. The normalized spacial score (nSPS) is 14.2. The summed E-state index contributed by atoms with van der Waals surface area (Å²) >= 11 is 0. The van der Waals surface area contributed by atoms with E-state index in [1.165, 1.54) is 19.3 Å². The van der Waals surface area contributed by atoms with E-state index < -0.39 is 12.0 Å². The molecule has 2 amide bonds. The molecule has 0 aliphatic carbocycles. The summed E-state index contributed by atoms with van der Waals surface area (Å²) in [6.07, 6.45) is 8.45. The number of nitrogens with two attached hydrogens (primary N) is 1. The number of amides is 2. The van der Waals surface area contributed by atoms with E-state index in [1.54, 1.807) is 0 Å².